The molecule has 0 spiro atoms. The maximum absolute atomic E-state index is 13.5. The van der Waals surface area contributed by atoms with Crippen LogP contribution in [0.5, 0.6) is 0 Å². The van der Waals surface area contributed by atoms with Crippen molar-refractivity contribution in [3.63, 3.8) is 0 Å². The highest BCUT2D eigenvalue weighted by Crippen LogP contribution is 2.40. The standard InChI is InChI=1S/C19H32F3N5O.HI/c1-3-23-17(25-11-6-9-15-7-4-5-8-15)26-12-10-18(28,19(20,21)22)16-24-13-14-27(16)2;/h13-15,28H,3-12H2,1-2H3,(H2,23,25,26);1H. The van der Waals surface area contributed by atoms with Gasteiger partial charge < -0.3 is 20.3 Å². The fourth-order valence-corrected chi connectivity index (χ4v) is 3.72. The van der Waals surface area contributed by atoms with Crippen molar-refractivity contribution >= 4 is 29.9 Å². The van der Waals surface area contributed by atoms with Gasteiger partial charge in [0, 0.05) is 45.5 Å². The third-order valence-corrected chi connectivity index (χ3v) is 5.30. The highest BCUT2D eigenvalue weighted by atomic mass is 127. The molecule has 0 bridgehead atoms. The van der Waals surface area contributed by atoms with Crippen LogP contribution < -0.4 is 10.6 Å². The Balaban J connectivity index is 0.00000420. The van der Waals surface area contributed by atoms with Crippen LogP contribution in [0.2, 0.25) is 0 Å². The van der Waals surface area contributed by atoms with Gasteiger partial charge in [-0.25, -0.2) is 4.98 Å². The number of guanidine groups is 1. The maximum Gasteiger partial charge on any atom is 0.424 e. The quantitative estimate of drug-likeness (QED) is 0.197. The average Bonchev–Trinajstić information content (AvgIpc) is 3.29. The van der Waals surface area contributed by atoms with Crippen LogP contribution in [0.3, 0.4) is 0 Å². The number of hydrogen-bond donors (Lipinski definition) is 3. The van der Waals surface area contributed by atoms with Crippen LogP contribution in [-0.4, -0.2) is 46.4 Å². The van der Waals surface area contributed by atoms with E-state index in [4.69, 9.17) is 0 Å². The van der Waals surface area contributed by atoms with Gasteiger partial charge in [-0.2, -0.15) is 13.2 Å². The number of nitrogens with zero attached hydrogens (tertiary/aromatic N) is 3. The number of aromatic nitrogens is 2. The highest BCUT2D eigenvalue weighted by molar-refractivity contribution is 14.0. The van der Waals surface area contributed by atoms with Crippen molar-refractivity contribution in [3.8, 4) is 0 Å². The molecule has 0 aromatic carbocycles. The first-order valence-corrected chi connectivity index (χ1v) is 10.1. The van der Waals surface area contributed by atoms with Crippen molar-refractivity contribution in [1.82, 2.24) is 20.2 Å². The Kier molecular flexibility index (Phi) is 10.7. The minimum Gasteiger partial charge on any atom is -0.374 e. The Bertz CT molecular complexity index is 632. The van der Waals surface area contributed by atoms with Gasteiger partial charge in [0.1, 0.15) is 5.82 Å². The van der Waals surface area contributed by atoms with Crippen LogP contribution in [0, 0.1) is 5.92 Å². The summed E-state index contributed by atoms with van der Waals surface area (Å²) in [5.74, 6) is 0.851. The lowest BCUT2D eigenvalue weighted by molar-refractivity contribution is -0.272. The molecule has 6 nitrogen and oxygen atoms in total. The zero-order chi connectivity index (χ0) is 20.6. The molecule has 1 heterocycles. The summed E-state index contributed by atoms with van der Waals surface area (Å²) in [6, 6.07) is 0. The largest absolute Gasteiger partial charge is 0.424 e. The maximum atomic E-state index is 13.5. The molecular weight excluding hydrogens is 498 g/mol. The number of aryl methyl sites for hydroxylation is 1. The normalized spacial score (nSPS) is 17.7. The fraction of sp³-hybridized carbons (Fsp3) is 0.789. The zero-order valence-electron chi connectivity index (χ0n) is 17.1. The molecule has 1 unspecified atom stereocenters. The number of rotatable bonds is 9. The molecule has 10 heteroatoms. The van der Waals surface area contributed by atoms with Crippen molar-refractivity contribution in [2.45, 2.75) is 63.6 Å². The van der Waals surface area contributed by atoms with E-state index in [1.165, 1.54) is 49.7 Å². The van der Waals surface area contributed by atoms with E-state index >= 15 is 0 Å². The third kappa shape index (κ3) is 7.30. The van der Waals surface area contributed by atoms with Crippen LogP contribution in [0.4, 0.5) is 13.2 Å². The van der Waals surface area contributed by atoms with Crippen LogP contribution in [0.15, 0.2) is 17.4 Å². The summed E-state index contributed by atoms with van der Waals surface area (Å²) < 4.78 is 41.8. The van der Waals surface area contributed by atoms with E-state index in [2.05, 4.69) is 20.6 Å². The van der Waals surface area contributed by atoms with Gasteiger partial charge in [-0.15, -0.1) is 24.0 Å². The average molecular weight is 531 g/mol. The molecule has 0 radical (unpaired) electrons. The molecule has 0 aliphatic heterocycles. The van der Waals surface area contributed by atoms with E-state index < -0.39 is 24.0 Å². The molecule has 0 amide bonds. The molecule has 1 atom stereocenters. The lowest BCUT2D eigenvalue weighted by atomic mass is 9.97. The van der Waals surface area contributed by atoms with Crippen LogP contribution in [-0.2, 0) is 12.6 Å². The number of hydrogen-bond acceptors (Lipinski definition) is 3. The fourth-order valence-electron chi connectivity index (χ4n) is 3.72. The molecule has 168 valence electrons. The number of alkyl halides is 3. The topological polar surface area (TPSA) is 74.5 Å². The summed E-state index contributed by atoms with van der Waals surface area (Å²) in [5.41, 5.74) is -3.02. The van der Waals surface area contributed by atoms with E-state index in [1.54, 1.807) is 0 Å². The number of aliphatic hydroxyl groups is 1. The van der Waals surface area contributed by atoms with Gasteiger partial charge >= 0.3 is 6.18 Å². The number of imidazole rings is 1. The van der Waals surface area contributed by atoms with Crippen LogP contribution in [0.25, 0.3) is 0 Å². The van der Waals surface area contributed by atoms with Gasteiger partial charge in [0.25, 0.3) is 0 Å². The van der Waals surface area contributed by atoms with Crippen molar-refractivity contribution in [2.24, 2.45) is 18.0 Å². The lowest BCUT2D eigenvalue weighted by Crippen LogP contribution is -2.48. The van der Waals surface area contributed by atoms with E-state index in [0.29, 0.717) is 19.0 Å². The molecule has 1 fully saturated rings. The van der Waals surface area contributed by atoms with Gasteiger partial charge in [0.2, 0.25) is 5.60 Å². The second-order valence-corrected chi connectivity index (χ2v) is 7.45. The highest BCUT2D eigenvalue weighted by Gasteiger charge is 2.57. The van der Waals surface area contributed by atoms with E-state index in [1.807, 2.05) is 6.92 Å². The second kappa shape index (κ2) is 12.0. The summed E-state index contributed by atoms with van der Waals surface area (Å²) >= 11 is 0. The van der Waals surface area contributed by atoms with Gasteiger partial charge in [-0.3, -0.25) is 4.99 Å². The number of aliphatic imine (C=N–C) groups is 1. The molecule has 3 N–H and O–H groups in total. The third-order valence-electron chi connectivity index (χ3n) is 5.30. The van der Waals surface area contributed by atoms with Gasteiger partial charge in [0.15, 0.2) is 5.96 Å². The lowest BCUT2D eigenvalue weighted by Gasteiger charge is -2.30. The van der Waals surface area contributed by atoms with Crippen LogP contribution >= 0.6 is 24.0 Å². The Labute approximate surface area is 187 Å². The zero-order valence-corrected chi connectivity index (χ0v) is 19.5. The first-order chi connectivity index (χ1) is 13.3. The molecule has 1 aromatic rings. The predicted octanol–water partition coefficient (Wildman–Crippen LogP) is 3.70. The van der Waals surface area contributed by atoms with E-state index in [0.717, 1.165) is 18.8 Å². The van der Waals surface area contributed by atoms with Crippen molar-refractivity contribution in [2.75, 3.05) is 19.6 Å². The molecular formula is C19H33F3IN5O. The minimum absolute atomic E-state index is 0. The van der Waals surface area contributed by atoms with E-state index in [-0.39, 0.29) is 30.5 Å². The second-order valence-electron chi connectivity index (χ2n) is 7.45. The molecule has 1 aromatic heterocycles. The molecule has 29 heavy (non-hydrogen) atoms. The predicted molar refractivity (Wildman–Crippen MR) is 118 cm³/mol. The number of halogens is 4. The smallest absolute Gasteiger partial charge is 0.374 e. The summed E-state index contributed by atoms with van der Waals surface area (Å²) in [4.78, 5) is 8.15. The summed E-state index contributed by atoms with van der Waals surface area (Å²) in [5, 5.41) is 16.3. The van der Waals surface area contributed by atoms with Gasteiger partial charge in [-0.1, -0.05) is 25.7 Å². The SMILES string of the molecule is CCNC(=NCCCC1CCCC1)NCCC(O)(c1nccn1C)C(F)(F)F.I. The molecule has 1 saturated carbocycles. The first-order valence-electron chi connectivity index (χ1n) is 10.1. The molecule has 2 rings (SSSR count). The Morgan fingerprint density at radius 3 is 2.55 bits per heavy atom. The molecule has 0 saturated heterocycles. The van der Waals surface area contributed by atoms with Gasteiger partial charge in [-0.05, 0) is 25.7 Å². The Morgan fingerprint density at radius 1 is 1.31 bits per heavy atom. The van der Waals surface area contributed by atoms with Crippen LogP contribution in [0.1, 0.15) is 57.7 Å². The van der Waals surface area contributed by atoms with Gasteiger partial charge in [0.05, 0.1) is 0 Å². The summed E-state index contributed by atoms with van der Waals surface area (Å²) in [7, 11) is 1.43. The minimum atomic E-state index is -4.83. The Hall–Kier alpha value is -1.04. The summed E-state index contributed by atoms with van der Waals surface area (Å²) in [6.07, 6.45) is 4.59. The van der Waals surface area contributed by atoms with E-state index in [9.17, 15) is 18.3 Å². The number of nitrogens with one attached hydrogen (secondary N) is 2. The molecule has 1 aliphatic rings. The summed E-state index contributed by atoms with van der Waals surface area (Å²) in [6.45, 7) is 3.05. The monoisotopic (exact) mass is 531 g/mol. The first kappa shape index (κ1) is 26.0. The molecule has 1 aliphatic carbocycles. The van der Waals surface area contributed by atoms with Crippen molar-refractivity contribution in [3.05, 3.63) is 18.2 Å². The van der Waals surface area contributed by atoms with Crippen molar-refractivity contribution < 1.29 is 18.3 Å². The van der Waals surface area contributed by atoms with Crippen molar-refractivity contribution in [1.29, 1.82) is 0 Å². The Morgan fingerprint density at radius 2 is 2.00 bits per heavy atom.